The van der Waals surface area contributed by atoms with Gasteiger partial charge in [-0.05, 0) is 60.7 Å². The van der Waals surface area contributed by atoms with Crippen LogP contribution < -0.4 is 10.5 Å². The van der Waals surface area contributed by atoms with Gasteiger partial charge in [0.1, 0.15) is 4.70 Å². The Bertz CT molecular complexity index is 1290. The number of nitrogens with zero attached hydrogens (tertiary/aromatic N) is 3. The van der Waals surface area contributed by atoms with Crippen molar-refractivity contribution in [2.75, 3.05) is 17.7 Å². The summed E-state index contributed by atoms with van der Waals surface area (Å²) in [6.07, 6.45) is 0. The molecule has 0 saturated heterocycles. The summed E-state index contributed by atoms with van der Waals surface area (Å²) in [5.74, 6) is 0.124. The first kappa shape index (κ1) is 20.4. The molecule has 0 radical (unpaired) electrons. The minimum atomic E-state index is -0.109. The Hall–Kier alpha value is -2.90. The van der Waals surface area contributed by atoms with Crippen molar-refractivity contribution in [1.82, 2.24) is 9.55 Å². The number of hydrogen-bond acceptors (Lipinski definition) is 5. The molecule has 4 aromatic rings. The molecule has 2 heterocycles. The summed E-state index contributed by atoms with van der Waals surface area (Å²) in [6.45, 7) is 3.98. The molecule has 2 aromatic carbocycles. The number of rotatable bonds is 5. The predicted octanol–water partition coefficient (Wildman–Crippen LogP) is 4.82. The molecule has 5 nitrogen and oxygen atoms in total. The Kier molecular flexibility index (Phi) is 5.74. The van der Waals surface area contributed by atoms with Gasteiger partial charge in [0.25, 0.3) is 5.56 Å². The maximum absolute atomic E-state index is 13.2. The third kappa shape index (κ3) is 4.04. The standard InChI is InChI=1S/C23H21N3O2S2/c1-15-6-4-8-17(12-15)25(3)20(27)14-30-23-24-19-10-11-29-21(19)22(28)26(23)18-9-5-7-16(2)13-18/h4-13H,14H2,1-3H3. The minimum absolute atomic E-state index is 0.0546. The van der Waals surface area contributed by atoms with Crippen LogP contribution in [0.15, 0.2) is 69.9 Å². The van der Waals surface area contributed by atoms with E-state index in [2.05, 4.69) is 4.98 Å². The van der Waals surface area contributed by atoms with Crippen molar-refractivity contribution in [3.63, 3.8) is 0 Å². The van der Waals surface area contributed by atoms with Crippen molar-refractivity contribution in [3.05, 3.63) is 81.5 Å². The molecule has 0 aliphatic carbocycles. The lowest BCUT2D eigenvalue weighted by Crippen LogP contribution is -2.28. The van der Waals surface area contributed by atoms with Crippen molar-refractivity contribution in [2.45, 2.75) is 19.0 Å². The number of benzene rings is 2. The first-order valence-corrected chi connectivity index (χ1v) is 11.3. The number of hydrogen-bond donors (Lipinski definition) is 0. The van der Waals surface area contributed by atoms with Crippen LogP contribution in [0.3, 0.4) is 0 Å². The average molecular weight is 436 g/mol. The highest BCUT2D eigenvalue weighted by molar-refractivity contribution is 7.99. The van der Waals surface area contributed by atoms with Crippen molar-refractivity contribution in [1.29, 1.82) is 0 Å². The smallest absolute Gasteiger partial charge is 0.276 e. The van der Waals surface area contributed by atoms with E-state index >= 15 is 0 Å². The maximum Gasteiger partial charge on any atom is 0.276 e. The van der Waals surface area contributed by atoms with Crippen molar-refractivity contribution in [2.24, 2.45) is 0 Å². The van der Waals surface area contributed by atoms with E-state index in [-0.39, 0.29) is 17.2 Å². The summed E-state index contributed by atoms with van der Waals surface area (Å²) in [5.41, 5.74) is 4.30. The summed E-state index contributed by atoms with van der Waals surface area (Å²) in [4.78, 5) is 32.3. The summed E-state index contributed by atoms with van der Waals surface area (Å²) in [7, 11) is 1.76. The van der Waals surface area contributed by atoms with Gasteiger partial charge >= 0.3 is 0 Å². The lowest BCUT2D eigenvalue weighted by molar-refractivity contribution is -0.115. The van der Waals surface area contributed by atoms with E-state index in [0.717, 1.165) is 22.5 Å². The van der Waals surface area contributed by atoms with E-state index < -0.39 is 0 Å². The van der Waals surface area contributed by atoms with Crippen LogP contribution >= 0.6 is 23.1 Å². The molecule has 30 heavy (non-hydrogen) atoms. The maximum atomic E-state index is 13.2. The van der Waals surface area contributed by atoms with E-state index in [0.29, 0.717) is 15.4 Å². The minimum Gasteiger partial charge on any atom is -0.315 e. The Morgan fingerprint density at radius 2 is 1.83 bits per heavy atom. The summed E-state index contributed by atoms with van der Waals surface area (Å²) < 4.78 is 2.22. The summed E-state index contributed by atoms with van der Waals surface area (Å²) in [5, 5.41) is 2.38. The van der Waals surface area contributed by atoms with E-state index in [1.807, 2.05) is 73.8 Å². The van der Waals surface area contributed by atoms with Crippen LogP contribution in [0.25, 0.3) is 15.9 Å². The highest BCUT2D eigenvalue weighted by atomic mass is 32.2. The Balaban J connectivity index is 1.67. The summed E-state index contributed by atoms with van der Waals surface area (Å²) >= 11 is 2.66. The number of amides is 1. The van der Waals surface area contributed by atoms with Crippen molar-refractivity contribution in [3.8, 4) is 5.69 Å². The van der Waals surface area contributed by atoms with E-state index in [1.165, 1.54) is 23.1 Å². The molecule has 0 atom stereocenters. The number of carbonyl (C=O) groups is 1. The van der Waals surface area contributed by atoms with Gasteiger partial charge in [-0.3, -0.25) is 14.2 Å². The predicted molar refractivity (Wildman–Crippen MR) is 125 cm³/mol. The molecular formula is C23H21N3O2S2. The van der Waals surface area contributed by atoms with Gasteiger partial charge in [-0.1, -0.05) is 36.0 Å². The lowest BCUT2D eigenvalue weighted by Gasteiger charge is -2.18. The zero-order valence-electron chi connectivity index (χ0n) is 17.0. The van der Waals surface area contributed by atoms with Crippen LogP contribution in [-0.2, 0) is 4.79 Å². The van der Waals surface area contributed by atoms with Gasteiger partial charge in [0.15, 0.2) is 5.16 Å². The van der Waals surface area contributed by atoms with Gasteiger partial charge in [0.2, 0.25) is 5.91 Å². The van der Waals surface area contributed by atoms with Crippen LogP contribution in [0.4, 0.5) is 5.69 Å². The Labute approximate surface area is 183 Å². The van der Waals surface area contributed by atoms with Gasteiger partial charge in [0, 0.05) is 12.7 Å². The average Bonchev–Trinajstić information content (AvgIpc) is 3.20. The molecule has 0 spiro atoms. The largest absolute Gasteiger partial charge is 0.315 e. The third-order valence-electron chi connectivity index (χ3n) is 4.80. The first-order chi connectivity index (χ1) is 14.4. The fourth-order valence-corrected chi connectivity index (χ4v) is 4.87. The fourth-order valence-electron chi connectivity index (χ4n) is 3.19. The van der Waals surface area contributed by atoms with Crippen LogP contribution in [0, 0.1) is 13.8 Å². The van der Waals surface area contributed by atoms with Crippen LogP contribution in [0.5, 0.6) is 0 Å². The molecule has 1 amide bonds. The number of thioether (sulfide) groups is 1. The second kappa shape index (κ2) is 8.45. The van der Waals surface area contributed by atoms with Gasteiger partial charge in [0.05, 0.1) is 17.0 Å². The molecule has 0 unspecified atom stereocenters. The van der Waals surface area contributed by atoms with Gasteiger partial charge in [-0.15, -0.1) is 11.3 Å². The van der Waals surface area contributed by atoms with Crippen LogP contribution in [-0.4, -0.2) is 28.3 Å². The molecule has 152 valence electrons. The van der Waals surface area contributed by atoms with E-state index in [1.54, 1.807) is 16.5 Å². The molecule has 0 aliphatic rings. The van der Waals surface area contributed by atoms with E-state index in [9.17, 15) is 9.59 Å². The number of thiophene rings is 1. The third-order valence-corrected chi connectivity index (χ3v) is 6.61. The number of anilines is 1. The zero-order valence-corrected chi connectivity index (χ0v) is 18.6. The number of aryl methyl sites for hydroxylation is 2. The summed E-state index contributed by atoms with van der Waals surface area (Å²) in [6, 6.07) is 17.4. The van der Waals surface area contributed by atoms with E-state index in [4.69, 9.17) is 0 Å². The number of carbonyl (C=O) groups excluding carboxylic acids is 1. The molecule has 0 fully saturated rings. The second-order valence-electron chi connectivity index (χ2n) is 7.09. The monoisotopic (exact) mass is 435 g/mol. The molecule has 7 heteroatoms. The van der Waals surface area contributed by atoms with Gasteiger partial charge < -0.3 is 4.90 Å². The Morgan fingerprint density at radius 1 is 1.10 bits per heavy atom. The molecule has 2 aromatic heterocycles. The SMILES string of the molecule is Cc1cccc(N(C)C(=O)CSc2nc3ccsc3c(=O)n2-c2cccc(C)c2)c1. The van der Waals surface area contributed by atoms with Gasteiger partial charge in [-0.2, -0.15) is 0 Å². The zero-order chi connectivity index (χ0) is 21.3. The molecule has 0 bridgehead atoms. The first-order valence-electron chi connectivity index (χ1n) is 9.47. The normalized spacial score (nSPS) is 11.0. The van der Waals surface area contributed by atoms with Crippen LogP contribution in [0.2, 0.25) is 0 Å². The second-order valence-corrected chi connectivity index (χ2v) is 8.95. The molecule has 0 N–H and O–H groups in total. The Morgan fingerprint density at radius 3 is 2.57 bits per heavy atom. The highest BCUT2D eigenvalue weighted by Crippen LogP contribution is 2.25. The number of fused-ring (bicyclic) bond motifs is 1. The molecule has 4 rings (SSSR count). The fraction of sp³-hybridized carbons (Fsp3) is 0.174. The molecular weight excluding hydrogens is 414 g/mol. The number of aromatic nitrogens is 2. The van der Waals surface area contributed by atoms with Gasteiger partial charge in [-0.25, -0.2) is 4.98 Å². The lowest BCUT2D eigenvalue weighted by atomic mass is 10.2. The molecule has 0 aliphatic heterocycles. The van der Waals surface area contributed by atoms with Crippen LogP contribution in [0.1, 0.15) is 11.1 Å². The highest BCUT2D eigenvalue weighted by Gasteiger charge is 2.17. The quantitative estimate of drug-likeness (QED) is 0.333. The molecule has 0 saturated carbocycles. The van der Waals surface area contributed by atoms with Crippen molar-refractivity contribution < 1.29 is 4.79 Å². The van der Waals surface area contributed by atoms with Crippen molar-refractivity contribution >= 4 is 44.9 Å². The topological polar surface area (TPSA) is 55.2 Å².